The summed E-state index contributed by atoms with van der Waals surface area (Å²) in [5, 5.41) is 3.38. The van der Waals surface area contributed by atoms with Gasteiger partial charge in [-0.05, 0) is 50.3 Å². The van der Waals surface area contributed by atoms with Crippen LogP contribution in [0.2, 0.25) is 0 Å². The number of benzene rings is 1. The van der Waals surface area contributed by atoms with Gasteiger partial charge in [0, 0.05) is 33.3 Å². The molecule has 1 aliphatic rings. The van der Waals surface area contributed by atoms with Crippen LogP contribution >= 0.6 is 0 Å². The van der Waals surface area contributed by atoms with Gasteiger partial charge in [-0.3, -0.25) is 4.99 Å². The molecule has 0 saturated carbocycles. The van der Waals surface area contributed by atoms with E-state index in [-0.39, 0.29) is 0 Å². The first kappa shape index (κ1) is 20.4. The molecule has 1 saturated heterocycles. The standard InChI is InChI=1S/C20H33N3O3/c1-5-21-20(22-12-10-17-7-6-14-26-17)23(2)13-11-16-8-9-18(24-3)19(15-16)25-4/h8-9,15,17H,5-7,10-14H2,1-4H3,(H,21,22). The average Bonchev–Trinajstić information content (AvgIpc) is 3.18. The molecule has 0 bridgehead atoms. The molecule has 6 heteroatoms. The van der Waals surface area contributed by atoms with E-state index in [2.05, 4.69) is 30.3 Å². The molecule has 0 spiro atoms. The molecule has 1 aromatic carbocycles. The van der Waals surface area contributed by atoms with Crippen molar-refractivity contribution in [1.82, 2.24) is 10.2 Å². The fourth-order valence-electron chi connectivity index (χ4n) is 3.09. The maximum absolute atomic E-state index is 5.68. The highest BCUT2D eigenvalue weighted by molar-refractivity contribution is 5.79. The number of hydrogen-bond donors (Lipinski definition) is 1. The second-order valence-corrected chi connectivity index (χ2v) is 6.52. The molecule has 0 aliphatic carbocycles. The van der Waals surface area contributed by atoms with Gasteiger partial charge in [-0.15, -0.1) is 0 Å². The van der Waals surface area contributed by atoms with E-state index in [1.54, 1.807) is 14.2 Å². The van der Waals surface area contributed by atoms with Crippen molar-refractivity contribution in [3.8, 4) is 11.5 Å². The summed E-state index contributed by atoms with van der Waals surface area (Å²) < 4.78 is 16.4. The number of guanidine groups is 1. The summed E-state index contributed by atoms with van der Waals surface area (Å²) in [4.78, 5) is 6.93. The largest absolute Gasteiger partial charge is 0.493 e. The zero-order valence-corrected chi connectivity index (χ0v) is 16.6. The first-order valence-corrected chi connectivity index (χ1v) is 9.49. The molecule has 1 aromatic rings. The third-order valence-corrected chi connectivity index (χ3v) is 4.62. The Morgan fingerprint density at radius 3 is 2.77 bits per heavy atom. The van der Waals surface area contributed by atoms with E-state index in [0.29, 0.717) is 6.10 Å². The Bertz CT molecular complexity index is 571. The van der Waals surface area contributed by atoms with Crippen molar-refractivity contribution in [2.24, 2.45) is 4.99 Å². The number of nitrogens with zero attached hydrogens (tertiary/aromatic N) is 2. The molecule has 0 amide bonds. The minimum atomic E-state index is 0.388. The third-order valence-electron chi connectivity index (χ3n) is 4.62. The summed E-state index contributed by atoms with van der Waals surface area (Å²) in [5.74, 6) is 2.48. The maximum Gasteiger partial charge on any atom is 0.193 e. The van der Waals surface area contributed by atoms with Gasteiger partial charge in [-0.25, -0.2) is 0 Å². The zero-order valence-electron chi connectivity index (χ0n) is 16.6. The molecule has 1 N–H and O–H groups in total. The van der Waals surface area contributed by atoms with Gasteiger partial charge in [0.25, 0.3) is 0 Å². The van der Waals surface area contributed by atoms with Gasteiger partial charge in [0.15, 0.2) is 17.5 Å². The Hall–Kier alpha value is -1.95. The summed E-state index contributed by atoms with van der Waals surface area (Å²) >= 11 is 0. The molecule has 1 unspecified atom stereocenters. The van der Waals surface area contributed by atoms with Crippen LogP contribution in [-0.2, 0) is 11.2 Å². The fraction of sp³-hybridized carbons (Fsp3) is 0.650. The number of hydrogen-bond acceptors (Lipinski definition) is 4. The Labute approximate surface area is 157 Å². The van der Waals surface area contributed by atoms with Gasteiger partial charge in [0.1, 0.15) is 0 Å². The number of nitrogens with one attached hydrogen (secondary N) is 1. The van der Waals surface area contributed by atoms with E-state index in [9.17, 15) is 0 Å². The minimum absolute atomic E-state index is 0.388. The predicted octanol–water partition coefficient (Wildman–Crippen LogP) is 2.71. The summed E-state index contributed by atoms with van der Waals surface area (Å²) in [6.45, 7) is 5.53. The highest BCUT2D eigenvalue weighted by Crippen LogP contribution is 2.27. The van der Waals surface area contributed by atoms with E-state index < -0.39 is 0 Å². The van der Waals surface area contributed by atoms with E-state index in [1.165, 1.54) is 18.4 Å². The van der Waals surface area contributed by atoms with Gasteiger partial charge < -0.3 is 24.4 Å². The smallest absolute Gasteiger partial charge is 0.193 e. The molecular weight excluding hydrogens is 330 g/mol. The van der Waals surface area contributed by atoms with Gasteiger partial charge in [-0.1, -0.05) is 6.07 Å². The van der Waals surface area contributed by atoms with Crippen molar-refractivity contribution in [2.75, 3.05) is 47.5 Å². The second-order valence-electron chi connectivity index (χ2n) is 6.52. The normalized spacial score (nSPS) is 17.2. The van der Waals surface area contributed by atoms with Gasteiger partial charge in [0.05, 0.1) is 20.3 Å². The topological polar surface area (TPSA) is 55.3 Å². The van der Waals surface area contributed by atoms with Crippen molar-refractivity contribution in [1.29, 1.82) is 0 Å². The molecule has 6 nitrogen and oxygen atoms in total. The highest BCUT2D eigenvalue weighted by atomic mass is 16.5. The van der Waals surface area contributed by atoms with Crippen LogP contribution in [0.4, 0.5) is 0 Å². The lowest BCUT2D eigenvalue weighted by Crippen LogP contribution is -2.40. The van der Waals surface area contributed by atoms with E-state index in [1.807, 2.05) is 12.1 Å². The molecule has 1 heterocycles. The van der Waals surface area contributed by atoms with Crippen LogP contribution < -0.4 is 14.8 Å². The Morgan fingerprint density at radius 2 is 2.12 bits per heavy atom. The predicted molar refractivity (Wildman–Crippen MR) is 105 cm³/mol. The van der Waals surface area contributed by atoms with Crippen LogP contribution in [0.5, 0.6) is 11.5 Å². The lowest BCUT2D eigenvalue weighted by molar-refractivity contribution is 0.106. The first-order valence-electron chi connectivity index (χ1n) is 9.49. The first-order chi connectivity index (χ1) is 12.7. The third kappa shape index (κ3) is 6.09. The molecule has 146 valence electrons. The van der Waals surface area contributed by atoms with Crippen LogP contribution in [0.15, 0.2) is 23.2 Å². The van der Waals surface area contributed by atoms with Crippen LogP contribution in [0, 0.1) is 0 Å². The number of likely N-dealkylation sites (N-methyl/N-ethyl adjacent to an activating group) is 1. The van der Waals surface area contributed by atoms with Crippen LogP contribution in [0.25, 0.3) is 0 Å². The lowest BCUT2D eigenvalue weighted by atomic mass is 10.1. The summed E-state index contributed by atoms with van der Waals surface area (Å²) in [6, 6.07) is 6.07. The number of methoxy groups -OCH3 is 2. The van der Waals surface area contributed by atoms with E-state index >= 15 is 0 Å². The van der Waals surface area contributed by atoms with Gasteiger partial charge >= 0.3 is 0 Å². The quantitative estimate of drug-likeness (QED) is 0.540. The van der Waals surface area contributed by atoms with Crippen molar-refractivity contribution < 1.29 is 14.2 Å². The summed E-state index contributed by atoms with van der Waals surface area (Å²) in [7, 11) is 5.40. The van der Waals surface area contributed by atoms with E-state index in [0.717, 1.165) is 56.5 Å². The zero-order chi connectivity index (χ0) is 18.8. The van der Waals surface area contributed by atoms with Crippen LogP contribution in [0.3, 0.4) is 0 Å². The fourth-order valence-corrected chi connectivity index (χ4v) is 3.09. The maximum atomic E-state index is 5.68. The SMILES string of the molecule is CCNC(=NCCC1CCCO1)N(C)CCc1ccc(OC)c(OC)c1. The Kier molecular flexibility index (Phi) is 8.54. The van der Waals surface area contributed by atoms with Crippen molar-refractivity contribution >= 4 is 5.96 Å². The Balaban J connectivity index is 1.88. The molecule has 0 aromatic heterocycles. The molecule has 2 rings (SSSR count). The highest BCUT2D eigenvalue weighted by Gasteiger charge is 2.15. The van der Waals surface area contributed by atoms with Crippen molar-refractivity contribution in [3.63, 3.8) is 0 Å². The average molecular weight is 364 g/mol. The van der Waals surface area contributed by atoms with E-state index in [4.69, 9.17) is 19.2 Å². The number of aliphatic imine (C=N–C) groups is 1. The molecule has 1 atom stereocenters. The molecular formula is C20H33N3O3. The molecule has 0 radical (unpaired) electrons. The number of ether oxygens (including phenoxy) is 3. The molecule has 26 heavy (non-hydrogen) atoms. The van der Waals surface area contributed by atoms with Gasteiger partial charge in [-0.2, -0.15) is 0 Å². The minimum Gasteiger partial charge on any atom is -0.493 e. The monoisotopic (exact) mass is 363 g/mol. The number of rotatable bonds is 9. The van der Waals surface area contributed by atoms with Crippen LogP contribution in [0.1, 0.15) is 31.7 Å². The molecule has 1 fully saturated rings. The second kappa shape index (κ2) is 10.9. The summed E-state index contributed by atoms with van der Waals surface area (Å²) in [6.07, 6.45) is 4.64. The van der Waals surface area contributed by atoms with Crippen LogP contribution in [-0.4, -0.2) is 64.5 Å². The van der Waals surface area contributed by atoms with Crippen molar-refractivity contribution in [3.05, 3.63) is 23.8 Å². The molecule has 1 aliphatic heterocycles. The van der Waals surface area contributed by atoms with Gasteiger partial charge in [0.2, 0.25) is 0 Å². The Morgan fingerprint density at radius 1 is 1.31 bits per heavy atom. The van der Waals surface area contributed by atoms with Crippen molar-refractivity contribution in [2.45, 2.75) is 38.7 Å². The lowest BCUT2D eigenvalue weighted by Gasteiger charge is -2.22. The summed E-state index contributed by atoms with van der Waals surface area (Å²) in [5.41, 5.74) is 1.21.